The summed E-state index contributed by atoms with van der Waals surface area (Å²) in [6.07, 6.45) is 6.28. The second-order valence-electron chi connectivity index (χ2n) is 5.29. The van der Waals surface area contributed by atoms with Gasteiger partial charge in [0, 0.05) is 5.54 Å². The van der Waals surface area contributed by atoms with Crippen LogP contribution in [0.1, 0.15) is 59.3 Å². The van der Waals surface area contributed by atoms with Crippen LogP contribution in [0.2, 0.25) is 0 Å². The third kappa shape index (κ3) is 4.36. The summed E-state index contributed by atoms with van der Waals surface area (Å²) in [6.45, 7) is 5.49. The van der Waals surface area contributed by atoms with Crippen LogP contribution in [0, 0.1) is 0 Å². The van der Waals surface area contributed by atoms with E-state index in [2.05, 4.69) is 17.6 Å². The van der Waals surface area contributed by atoms with E-state index in [1.165, 1.54) is 26.2 Å². The average Bonchev–Trinajstić information content (AvgIpc) is 2.25. The molecule has 0 bridgehead atoms. The van der Waals surface area contributed by atoms with Crippen LogP contribution in [0.25, 0.3) is 0 Å². The molecule has 1 aliphatic rings. The molecule has 17 heavy (non-hydrogen) atoms. The van der Waals surface area contributed by atoms with Crippen molar-refractivity contribution in [2.75, 3.05) is 0 Å². The lowest BCUT2D eigenvalue weighted by atomic mass is 9.83. The van der Waals surface area contributed by atoms with Crippen LogP contribution in [-0.4, -0.2) is 23.4 Å². The summed E-state index contributed by atoms with van der Waals surface area (Å²) in [5.74, 6) is 0.0106. The number of hydrogen-bond donors (Lipinski definition) is 2. The summed E-state index contributed by atoms with van der Waals surface area (Å²) in [4.78, 5) is 23.1. The molecule has 1 rings (SSSR count). The van der Waals surface area contributed by atoms with Crippen LogP contribution in [0.5, 0.6) is 0 Å². The van der Waals surface area contributed by atoms with Crippen molar-refractivity contribution in [2.45, 2.75) is 70.9 Å². The molecule has 0 spiro atoms. The zero-order valence-corrected chi connectivity index (χ0v) is 11.1. The van der Waals surface area contributed by atoms with Crippen LogP contribution < -0.4 is 10.6 Å². The van der Waals surface area contributed by atoms with E-state index < -0.39 is 0 Å². The van der Waals surface area contributed by atoms with Gasteiger partial charge in [0.05, 0.1) is 6.04 Å². The Morgan fingerprint density at radius 1 is 1.24 bits per heavy atom. The second kappa shape index (κ2) is 6.03. The SMILES string of the molecule is CC[C@H](NC(=O)NC1(C)CCCCC1)C(C)=O. The van der Waals surface area contributed by atoms with Crippen molar-refractivity contribution >= 4 is 11.8 Å². The number of urea groups is 1. The Bertz CT molecular complexity index is 283. The Kier molecular flexibility index (Phi) is 4.97. The molecule has 0 saturated heterocycles. The maximum atomic E-state index is 11.8. The number of Topliss-reactive ketones (excluding diaryl/α,β-unsaturated/α-hetero) is 1. The van der Waals surface area contributed by atoms with Crippen LogP contribution in [0.4, 0.5) is 4.79 Å². The molecule has 1 saturated carbocycles. The molecular formula is C13H24N2O2. The Hall–Kier alpha value is -1.06. The molecule has 0 radical (unpaired) electrons. The molecule has 0 aromatic rings. The van der Waals surface area contributed by atoms with Crippen LogP contribution in [0.3, 0.4) is 0 Å². The molecule has 0 heterocycles. The van der Waals surface area contributed by atoms with E-state index in [0.29, 0.717) is 6.42 Å². The van der Waals surface area contributed by atoms with Gasteiger partial charge in [-0.25, -0.2) is 4.79 Å². The van der Waals surface area contributed by atoms with Crippen LogP contribution >= 0.6 is 0 Å². The van der Waals surface area contributed by atoms with Crippen molar-refractivity contribution in [3.05, 3.63) is 0 Å². The second-order valence-corrected chi connectivity index (χ2v) is 5.29. The highest BCUT2D eigenvalue weighted by Gasteiger charge is 2.29. The Balaban J connectivity index is 2.45. The number of nitrogens with one attached hydrogen (secondary N) is 2. The summed E-state index contributed by atoms with van der Waals surface area (Å²) >= 11 is 0. The van der Waals surface area contributed by atoms with E-state index in [0.717, 1.165) is 12.8 Å². The molecule has 1 aliphatic carbocycles. The lowest BCUT2D eigenvalue weighted by Crippen LogP contribution is -2.54. The summed E-state index contributed by atoms with van der Waals surface area (Å²) in [5.41, 5.74) is -0.0998. The minimum atomic E-state index is -0.359. The molecular weight excluding hydrogens is 216 g/mol. The normalized spacial score (nSPS) is 20.4. The zero-order chi connectivity index (χ0) is 12.9. The third-order valence-corrected chi connectivity index (χ3v) is 3.58. The predicted molar refractivity (Wildman–Crippen MR) is 67.9 cm³/mol. The van der Waals surface area contributed by atoms with E-state index in [1.54, 1.807) is 0 Å². The average molecular weight is 240 g/mol. The largest absolute Gasteiger partial charge is 0.333 e. The number of amides is 2. The van der Waals surface area contributed by atoms with Crippen molar-refractivity contribution < 1.29 is 9.59 Å². The lowest BCUT2D eigenvalue weighted by molar-refractivity contribution is -0.118. The van der Waals surface area contributed by atoms with Gasteiger partial charge in [0.1, 0.15) is 0 Å². The lowest BCUT2D eigenvalue weighted by Gasteiger charge is -2.34. The molecule has 0 aromatic carbocycles. The first-order valence-corrected chi connectivity index (χ1v) is 6.56. The van der Waals surface area contributed by atoms with E-state index >= 15 is 0 Å². The van der Waals surface area contributed by atoms with Gasteiger partial charge in [0.25, 0.3) is 0 Å². The number of ketones is 1. The van der Waals surface area contributed by atoms with E-state index in [-0.39, 0.29) is 23.4 Å². The standard InChI is InChI=1S/C13H24N2O2/c1-4-11(10(2)16)14-12(17)15-13(3)8-6-5-7-9-13/h11H,4-9H2,1-3H3,(H2,14,15,17)/t11-/m0/s1. The quantitative estimate of drug-likeness (QED) is 0.792. The van der Waals surface area contributed by atoms with Crippen molar-refractivity contribution in [2.24, 2.45) is 0 Å². The number of hydrogen-bond acceptors (Lipinski definition) is 2. The molecule has 0 unspecified atom stereocenters. The first-order valence-electron chi connectivity index (χ1n) is 6.56. The van der Waals surface area contributed by atoms with Crippen molar-refractivity contribution in [1.82, 2.24) is 10.6 Å². The van der Waals surface area contributed by atoms with Crippen molar-refractivity contribution in [3.63, 3.8) is 0 Å². The zero-order valence-electron chi connectivity index (χ0n) is 11.1. The fourth-order valence-electron chi connectivity index (χ4n) is 2.42. The third-order valence-electron chi connectivity index (χ3n) is 3.58. The maximum Gasteiger partial charge on any atom is 0.315 e. The van der Waals surface area contributed by atoms with Gasteiger partial charge in [-0.2, -0.15) is 0 Å². The number of rotatable bonds is 4. The summed E-state index contributed by atoms with van der Waals surface area (Å²) in [5, 5.41) is 5.75. The predicted octanol–water partition coefficient (Wildman–Crippen LogP) is 2.38. The topological polar surface area (TPSA) is 58.2 Å². The summed E-state index contributed by atoms with van der Waals surface area (Å²) < 4.78 is 0. The molecule has 2 N–H and O–H groups in total. The minimum absolute atomic E-state index is 0.0106. The van der Waals surface area contributed by atoms with Gasteiger partial charge in [0.15, 0.2) is 5.78 Å². The highest BCUT2D eigenvalue weighted by atomic mass is 16.2. The summed E-state index contributed by atoms with van der Waals surface area (Å²) in [7, 11) is 0. The Labute approximate surface area is 104 Å². The highest BCUT2D eigenvalue weighted by molar-refractivity contribution is 5.86. The molecule has 0 aromatic heterocycles. The van der Waals surface area contributed by atoms with Crippen molar-refractivity contribution in [1.29, 1.82) is 0 Å². The molecule has 4 nitrogen and oxygen atoms in total. The number of carbonyl (C=O) groups is 2. The summed E-state index contributed by atoms with van der Waals surface area (Å²) in [6, 6.07) is -0.571. The van der Waals surface area contributed by atoms with Gasteiger partial charge in [-0.3, -0.25) is 4.79 Å². The molecule has 4 heteroatoms. The smallest absolute Gasteiger partial charge is 0.315 e. The first kappa shape index (κ1) is 14.0. The van der Waals surface area contributed by atoms with Gasteiger partial charge in [0.2, 0.25) is 0 Å². The van der Waals surface area contributed by atoms with E-state index in [1.807, 2.05) is 6.92 Å². The fourth-order valence-corrected chi connectivity index (χ4v) is 2.42. The molecule has 2 amide bonds. The van der Waals surface area contributed by atoms with Gasteiger partial charge in [-0.05, 0) is 33.1 Å². The molecule has 1 fully saturated rings. The van der Waals surface area contributed by atoms with E-state index in [9.17, 15) is 9.59 Å². The van der Waals surface area contributed by atoms with Gasteiger partial charge < -0.3 is 10.6 Å². The fraction of sp³-hybridized carbons (Fsp3) is 0.846. The van der Waals surface area contributed by atoms with Gasteiger partial charge in [-0.1, -0.05) is 26.2 Å². The molecule has 98 valence electrons. The first-order chi connectivity index (χ1) is 7.97. The minimum Gasteiger partial charge on any atom is -0.333 e. The van der Waals surface area contributed by atoms with E-state index in [4.69, 9.17) is 0 Å². The monoisotopic (exact) mass is 240 g/mol. The Morgan fingerprint density at radius 2 is 1.82 bits per heavy atom. The van der Waals surface area contributed by atoms with Crippen LogP contribution in [-0.2, 0) is 4.79 Å². The number of carbonyl (C=O) groups excluding carboxylic acids is 2. The molecule has 1 atom stereocenters. The van der Waals surface area contributed by atoms with Gasteiger partial charge in [-0.15, -0.1) is 0 Å². The maximum absolute atomic E-state index is 11.8. The van der Waals surface area contributed by atoms with Crippen molar-refractivity contribution in [3.8, 4) is 0 Å². The highest BCUT2D eigenvalue weighted by Crippen LogP contribution is 2.27. The van der Waals surface area contributed by atoms with Crippen LogP contribution in [0.15, 0.2) is 0 Å². The molecule has 0 aliphatic heterocycles. The Morgan fingerprint density at radius 3 is 2.29 bits per heavy atom. The van der Waals surface area contributed by atoms with Gasteiger partial charge >= 0.3 is 6.03 Å².